The zero-order chi connectivity index (χ0) is 17.0. The number of carbonyl (C=O) groups excluding carboxylic acids is 1. The summed E-state index contributed by atoms with van der Waals surface area (Å²) in [5, 5.41) is 10.4. The van der Waals surface area contributed by atoms with Gasteiger partial charge in [0.25, 0.3) is 0 Å². The fraction of sp³-hybridized carbons (Fsp3) is 0.824. The van der Waals surface area contributed by atoms with E-state index in [9.17, 15) is 9.90 Å². The molecule has 1 heterocycles. The van der Waals surface area contributed by atoms with Gasteiger partial charge in [-0.15, -0.1) is 17.7 Å². The molecule has 1 N–H and O–H groups in total. The van der Waals surface area contributed by atoms with Crippen LogP contribution in [0.4, 0.5) is 4.79 Å². The number of rotatable bonds is 3. The molecule has 22 heavy (non-hydrogen) atoms. The fourth-order valence-electron chi connectivity index (χ4n) is 2.27. The van der Waals surface area contributed by atoms with Crippen LogP contribution < -0.4 is 0 Å². The first kappa shape index (κ1) is 19.2. The Morgan fingerprint density at radius 3 is 2.68 bits per heavy atom. The summed E-state index contributed by atoms with van der Waals surface area (Å²) in [5.74, 6) is 6.56. The zero-order valence-electron chi connectivity index (χ0n) is 14.6. The summed E-state index contributed by atoms with van der Waals surface area (Å²) >= 11 is 1.64. The molecular formula is C17H29NO3S. The Morgan fingerprint density at radius 2 is 2.14 bits per heavy atom. The van der Waals surface area contributed by atoms with Gasteiger partial charge in [-0.2, -0.15) is 0 Å². The van der Waals surface area contributed by atoms with Crippen molar-refractivity contribution in [2.45, 2.75) is 83.4 Å². The van der Waals surface area contributed by atoms with Crippen LogP contribution in [-0.2, 0) is 4.74 Å². The molecule has 0 unspecified atom stereocenters. The van der Waals surface area contributed by atoms with Crippen LogP contribution in [0.3, 0.4) is 0 Å². The van der Waals surface area contributed by atoms with E-state index in [1.165, 1.54) is 0 Å². The maximum atomic E-state index is 12.5. The van der Waals surface area contributed by atoms with Crippen LogP contribution in [0.2, 0.25) is 0 Å². The van der Waals surface area contributed by atoms with Crippen molar-refractivity contribution in [1.82, 2.24) is 4.90 Å². The third kappa shape index (κ3) is 5.40. The highest BCUT2D eigenvalue weighted by atomic mass is 32.2. The molecule has 0 aliphatic carbocycles. The molecule has 2 atom stereocenters. The highest BCUT2D eigenvalue weighted by Crippen LogP contribution is 2.40. The van der Waals surface area contributed by atoms with Crippen LogP contribution in [0, 0.1) is 11.8 Å². The van der Waals surface area contributed by atoms with Gasteiger partial charge in [-0.05, 0) is 41.0 Å². The molecule has 1 aliphatic rings. The van der Waals surface area contributed by atoms with Gasteiger partial charge in [0.2, 0.25) is 0 Å². The molecule has 0 aromatic heterocycles. The lowest BCUT2D eigenvalue weighted by Gasteiger charge is -2.36. The van der Waals surface area contributed by atoms with E-state index < -0.39 is 16.6 Å². The quantitative estimate of drug-likeness (QED) is 0.635. The van der Waals surface area contributed by atoms with Gasteiger partial charge < -0.3 is 9.84 Å². The van der Waals surface area contributed by atoms with Crippen molar-refractivity contribution in [3.05, 3.63) is 0 Å². The minimum absolute atomic E-state index is 0.330. The van der Waals surface area contributed by atoms with Crippen molar-refractivity contribution >= 4 is 17.9 Å². The molecule has 0 aromatic rings. The van der Waals surface area contributed by atoms with Crippen molar-refractivity contribution < 1.29 is 14.6 Å². The predicted molar refractivity (Wildman–Crippen MR) is 91.7 cm³/mol. The van der Waals surface area contributed by atoms with Crippen molar-refractivity contribution in [2.24, 2.45) is 0 Å². The molecule has 0 bridgehead atoms. The number of thioether (sulfide) groups is 1. The maximum absolute atomic E-state index is 12.5. The van der Waals surface area contributed by atoms with Gasteiger partial charge in [-0.25, -0.2) is 4.79 Å². The SMILES string of the molecule is CCCCC#C[C@@H](O)[C@@H]1CSC(C)(C)N1C(=O)OC(C)(C)C. The number of nitrogens with zero attached hydrogens (tertiary/aromatic N) is 1. The summed E-state index contributed by atoms with van der Waals surface area (Å²) in [4.78, 5) is 13.7. The standard InChI is InChI=1S/C17H29NO3S/c1-7-8-9-10-11-14(19)13-12-22-17(5,6)18(13)15(20)21-16(2,3)4/h13-14,19H,7-9,12H2,1-6H3/t13-,14+/m0/s1. The number of ether oxygens (including phenoxy) is 1. The van der Waals surface area contributed by atoms with E-state index in [4.69, 9.17) is 4.74 Å². The lowest BCUT2D eigenvalue weighted by molar-refractivity contribution is -0.00272. The second kappa shape index (κ2) is 7.61. The minimum Gasteiger partial charge on any atom is -0.444 e. The van der Waals surface area contributed by atoms with Crippen LogP contribution in [0.15, 0.2) is 0 Å². The highest BCUT2D eigenvalue weighted by Gasteiger charge is 2.47. The lowest BCUT2D eigenvalue weighted by atomic mass is 10.1. The van der Waals surface area contributed by atoms with E-state index in [0.717, 1.165) is 19.3 Å². The Labute approximate surface area is 139 Å². The Bertz CT molecular complexity index is 445. The molecule has 0 spiro atoms. The van der Waals surface area contributed by atoms with Crippen LogP contribution in [0.25, 0.3) is 0 Å². The largest absolute Gasteiger partial charge is 0.444 e. The highest BCUT2D eigenvalue weighted by molar-refractivity contribution is 8.00. The zero-order valence-corrected chi connectivity index (χ0v) is 15.4. The number of amides is 1. The Hall–Kier alpha value is -0.860. The van der Waals surface area contributed by atoms with Crippen molar-refractivity contribution in [3.63, 3.8) is 0 Å². The van der Waals surface area contributed by atoms with Crippen LogP contribution in [0.1, 0.15) is 60.8 Å². The van der Waals surface area contributed by atoms with E-state index in [-0.39, 0.29) is 12.1 Å². The molecule has 1 aliphatic heterocycles. The first-order valence-corrected chi connectivity index (χ1v) is 8.90. The van der Waals surface area contributed by atoms with Gasteiger partial charge in [0.15, 0.2) is 0 Å². The van der Waals surface area contributed by atoms with Crippen LogP contribution >= 0.6 is 11.8 Å². The monoisotopic (exact) mass is 327 g/mol. The van der Waals surface area contributed by atoms with Crippen molar-refractivity contribution in [2.75, 3.05) is 5.75 Å². The second-order valence-corrected chi connectivity index (χ2v) is 8.67. The number of carbonyl (C=O) groups is 1. The normalized spacial score (nSPS) is 22.0. The van der Waals surface area contributed by atoms with Gasteiger partial charge in [0.05, 0.1) is 10.9 Å². The first-order chi connectivity index (χ1) is 10.1. The molecule has 1 saturated heterocycles. The molecule has 1 fully saturated rings. The van der Waals surface area contributed by atoms with Crippen molar-refractivity contribution in [1.29, 1.82) is 0 Å². The first-order valence-electron chi connectivity index (χ1n) is 7.91. The summed E-state index contributed by atoms with van der Waals surface area (Å²) < 4.78 is 5.50. The lowest BCUT2D eigenvalue weighted by Crippen LogP contribution is -2.52. The van der Waals surface area contributed by atoms with Gasteiger partial charge in [-0.1, -0.05) is 19.3 Å². The number of hydrogen-bond acceptors (Lipinski definition) is 4. The molecular weight excluding hydrogens is 298 g/mol. The average Bonchev–Trinajstić information content (AvgIpc) is 2.68. The summed E-state index contributed by atoms with van der Waals surface area (Å²) in [6.45, 7) is 11.6. The molecule has 126 valence electrons. The number of hydrogen-bond donors (Lipinski definition) is 1. The van der Waals surface area contributed by atoms with Crippen LogP contribution in [0.5, 0.6) is 0 Å². The fourth-order valence-corrected chi connectivity index (χ4v) is 3.53. The van der Waals surface area contributed by atoms with Crippen LogP contribution in [-0.4, -0.2) is 44.5 Å². The summed E-state index contributed by atoms with van der Waals surface area (Å²) in [7, 11) is 0. The van der Waals surface area contributed by atoms with E-state index >= 15 is 0 Å². The maximum Gasteiger partial charge on any atom is 0.411 e. The van der Waals surface area contributed by atoms with E-state index in [2.05, 4.69) is 18.8 Å². The Morgan fingerprint density at radius 1 is 1.50 bits per heavy atom. The number of aliphatic hydroxyl groups excluding tert-OH is 1. The van der Waals surface area contributed by atoms with Gasteiger partial charge in [0.1, 0.15) is 11.7 Å². The third-order valence-electron chi connectivity index (χ3n) is 3.38. The second-order valence-electron chi connectivity index (χ2n) is 7.04. The predicted octanol–water partition coefficient (Wildman–Crippen LogP) is 3.63. The third-order valence-corrected chi connectivity index (χ3v) is 4.79. The minimum atomic E-state index is -0.835. The number of unbranched alkanes of at least 4 members (excludes halogenated alkanes) is 2. The molecule has 4 nitrogen and oxygen atoms in total. The smallest absolute Gasteiger partial charge is 0.411 e. The summed E-state index contributed by atoms with van der Waals surface area (Å²) in [5.41, 5.74) is -0.553. The molecule has 1 rings (SSSR count). The molecule has 0 aromatic carbocycles. The Kier molecular flexibility index (Phi) is 6.64. The Balaban J connectivity index is 2.84. The molecule has 5 heteroatoms. The van der Waals surface area contributed by atoms with E-state index in [1.54, 1.807) is 16.7 Å². The molecule has 0 radical (unpaired) electrons. The van der Waals surface area contributed by atoms with Gasteiger partial charge in [-0.3, -0.25) is 4.90 Å². The molecule has 1 amide bonds. The summed E-state index contributed by atoms with van der Waals surface area (Å²) in [6.07, 6.45) is 1.67. The topological polar surface area (TPSA) is 49.8 Å². The van der Waals surface area contributed by atoms with Gasteiger partial charge >= 0.3 is 6.09 Å². The van der Waals surface area contributed by atoms with Gasteiger partial charge in [0, 0.05) is 12.2 Å². The van der Waals surface area contributed by atoms with Crippen molar-refractivity contribution in [3.8, 4) is 11.8 Å². The van der Waals surface area contributed by atoms with E-state index in [0.29, 0.717) is 5.75 Å². The average molecular weight is 327 g/mol. The molecule has 0 saturated carbocycles. The summed E-state index contributed by atoms with van der Waals surface area (Å²) in [6, 6.07) is -0.330. The van der Waals surface area contributed by atoms with E-state index in [1.807, 2.05) is 34.6 Å². The number of aliphatic hydroxyl groups is 1.